The third-order valence-electron chi connectivity index (χ3n) is 3.83. The Hall–Kier alpha value is -1.69. The van der Waals surface area contributed by atoms with E-state index in [1.807, 2.05) is 37.3 Å². The molecule has 110 valence electrons. The van der Waals surface area contributed by atoms with Crippen molar-refractivity contribution in [2.24, 2.45) is 0 Å². The summed E-state index contributed by atoms with van der Waals surface area (Å²) in [5.41, 5.74) is 4.31. The van der Waals surface area contributed by atoms with Crippen molar-refractivity contribution in [3.8, 4) is 0 Å². The van der Waals surface area contributed by atoms with E-state index in [1.54, 1.807) is 12.1 Å². The summed E-state index contributed by atoms with van der Waals surface area (Å²) in [5, 5.41) is 3.22. The van der Waals surface area contributed by atoms with Crippen molar-refractivity contribution in [3.63, 3.8) is 0 Å². The van der Waals surface area contributed by atoms with Crippen molar-refractivity contribution in [3.05, 3.63) is 64.7 Å². The molecule has 1 aliphatic rings. The first-order chi connectivity index (χ1) is 10.1. The van der Waals surface area contributed by atoms with E-state index in [0.29, 0.717) is 11.4 Å². The Bertz CT molecular complexity index is 770. The van der Waals surface area contributed by atoms with Crippen molar-refractivity contribution in [2.45, 2.75) is 31.5 Å². The first kappa shape index (κ1) is 14.3. The molecule has 2 aromatic rings. The highest BCUT2D eigenvalue weighted by atomic mass is 32.2. The first-order valence-electron chi connectivity index (χ1n) is 6.93. The van der Waals surface area contributed by atoms with Crippen molar-refractivity contribution >= 4 is 10.0 Å². The van der Waals surface area contributed by atoms with Crippen LogP contribution in [-0.2, 0) is 29.7 Å². The summed E-state index contributed by atoms with van der Waals surface area (Å²) in [4.78, 5) is 0.332. The van der Waals surface area contributed by atoms with Crippen LogP contribution >= 0.6 is 0 Å². The average molecular weight is 302 g/mol. The monoisotopic (exact) mass is 302 g/mol. The van der Waals surface area contributed by atoms with Gasteiger partial charge in [-0.3, -0.25) is 0 Å². The molecule has 2 N–H and O–H groups in total. The summed E-state index contributed by atoms with van der Waals surface area (Å²) in [5.74, 6) is 0. The van der Waals surface area contributed by atoms with Gasteiger partial charge in [0, 0.05) is 19.6 Å². The van der Waals surface area contributed by atoms with E-state index < -0.39 is 10.0 Å². The SMILES string of the molecule is Cc1ccccc1CNS(=O)(=O)c1ccc2c(c1)CNC2. The third-order valence-corrected chi connectivity index (χ3v) is 5.23. The lowest BCUT2D eigenvalue weighted by molar-refractivity contribution is 0.581. The van der Waals surface area contributed by atoms with Crippen molar-refractivity contribution in [1.82, 2.24) is 10.0 Å². The number of hydrogen-bond acceptors (Lipinski definition) is 3. The number of sulfonamides is 1. The zero-order chi connectivity index (χ0) is 14.9. The van der Waals surface area contributed by atoms with Gasteiger partial charge in [-0.25, -0.2) is 13.1 Å². The highest BCUT2D eigenvalue weighted by Crippen LogP contribution is 2.20. The molecule has 0 aliphatic carbocycles. The number of hydrogen-bond donors (Lipinski definition) is 2. The lowest BCUT2D eigenvalue weighted by atomic mass is 10.1. The molecule has 5 heteroatoms. The van der Waals surface area contributed by atoms with Crippen LogP contribution in [0.25, 0.3) is 0 Å². The standard InChI is InChI=1S/C16H18N2O2S/c1-12-4-2-3-5-13(12)11-18-21(19,20)16-7-6-14-9-17-10-15(14)8-16/h2-8,17-18H,9-11H2,1H3. The molecule has 0 bridgehead atoms. The molecule has 0 atom stereocenters. The van der Waals surface area contributed by atoms with Crippen LogP contribution < -0.4 is 10.0 Å². The van der Waals surface area contributed by atoms with Crippen LogP contribution in [0.3, 0.4) is 0 Å². The maximum Gasteiger partial charge on any atom is 0.240 e. The van der Waals surface area contributed by atoms with E-state index in [9.17, 15) is 8.42 Å². The molecule has 0 spiro atoms. The molecular weight excluding hydrogens is 284 g/mol. The van der Waals surface area contributed by atoms with Crippen molar-refractivity contribution in [2.75, 3.05) is 0 Å². The van der Waals surface area contributed by atoms with Gasteiger partial charge in [0.2, 0.25) is 10.0 Å². The second-order valence-corrected chi connectivity index (χ2v) is 7.05. The summed E-state index contributed by atoms with van der Waals surface area (Å²) in [6, 6.07) is 13.1. The molecule has 0 aromatic heterocycles. The van der Waals surface area contributed by atoms with Gasteiger partial charge < -0.3 is 5.32 Å². The largest absolute Gasteiger partial charge is 0.309 e. The lowest BCUT2D eigenvalue weighted by Gasteiger charge is -2.10. The van der Waals surface area contributed by atoms with Crippen LogP contribution in [0, 0.1) is 6.92 Å². The van der Waals surface area contributed by atoms with E-state index in [-0.39, 0.29) is 0 Å². The first-order valence-corrected chi connectivity index (χ1v) is 8.41. The van der Waals surface area contributed by atoms with E-state index in [1.165, 1.54) is 5.56 Å². The number of fused-ring (bicyclic) bond motifs is 1. The normalized spacial score (nSPS) is 14.1. The molecule has 0 amide bonds. The Morgan fingerprint density at radius 2 is 1.86 bits per heavy atom. The average Bonchev–Trinajstić information content (AvgIpc) is 2.94. The number of aryl methyl sites for hydroxylation is 1. The maximum absolute atomic E-state index is 12.4. The maximum atomic E-state index is 12.4. The van der Waals surface area contributed by atoms with Gasteiger partial charge in [0.25, 0.3) is 0 Å². The third kappa shape index (κ3) is 3.00. The summed E-state index contributed by atoms with van der Waals surface area (Å²) < 4.78 is 27.4. The van der Waals surface area contributed by atoms with E-state index in [2.05, 4.69) is 10.0 Å². The lowest BCUT2D eigenvalue weighted by Crippen LogP contribution is -2.23. The molecule has 21 heavy (non-hydrogen) atoms. The molecule has 0 unspecified atom stereocenters. The van der Waals surface area contributed by atoms with E-state index in [0.717, 1.165) is 29.8 Å². The molecule has 0 saturated heterocycles. The summed E-state index contributed by atoms with van der Waals surface area (Å²) in [6.45, 7) is 3.83. The van der Waals surface area contributed by atoms with Gasteiger partial charge in [0.05, 0.1) is 4.90 Å². The summed E-state index contributed by atoms with van der Waals surface area (Å²) in [6.07, 6.45) is 0. The summed E-state index contributed by atoms with van der Waals surface area (Å²) >= 11 is 0. The van der Waals surface area contributed by atoms with Gasteiger partial charge in [0.15, 0.2) is 0 Å². The molecule has 0 radical (unpaired) electrons. The van der Waals surface area contributed by atoms with Crippen LogP contribution in [0.5, 0.6) is 0 Å². The fraction of sp³-hybridized carbons (Fsp3) is 0.250. The van der Waals surface area contributed by atoms with Crippen LogP contribution in [0.2, 0.25) is 0 Å². The molecule has 0 saturated carbocycles. The predicted octanol–water partition coefficient (Wildman–Crippen LogP) is 2.08. The fourth-order valence-electron chi connectivity index (χ4n) is 2.50. The Balaban J connectivity index is 1.80. The van der Waals surface area contributed by atoms with Crippen molar-refractivity contribution < 1.29 is 8.42 Å². The van der Waals surface area contributed by atoms with Gasteiger partial charge in [-0.05, 0) is 41.3 Å². The zero-order valence-electron chi connectivity index (χ0n) is 11.9. The second-order valence-electron chi connectivity index (χ2n) is 5.29. The van der Waals surface area contributed by atoms with Crippen LogP contribution in [0.15, 0.2) is 47.4 Å². The minimum atomic E-state index is -3.47. The Kier molecular flexibility index (Phi) is 3.80. The molecule has 0 fully saturated rings. The topological polar surface area (TPSA) is 58.2 Å². The molecule has 4 nitrogen and oxygen atoms in total. The van der Waals surface area contributed by atoms with Crippen LogP contribution in [0.4, 0.5) is 0 Å². The van der Waals surface area contributed by atoms with Gasteiger partial charge in [0.1, 0.15) is 0 Å². The summed E-state index contributed by atoms with van der Waals surface area (Å²) in [7, 11) is -3.47. The fourth-order valence-corrected chi connectivity index (χ4v) is 3.56. The minimum Gasteiger partial charge on any atom is -0.309 e. The van der Waals surface area contributed by atoms with Crippen LogP contribution in [0.1, 0.15) is 22.3 Å². The number of rotatable bonds is 4. The molecule has 2 aromatic carbocycles. The van der Waals surface area contributed by atoms with Gasteiger partial charge >= 0.3 is 0 Å². The van der Waals surface area contributed by atoms with Gasteiger partial charge in [-0.15, -0.1) is 0 Å². The highest BCUT2D eigenvalue weighted by molar-refractivity contribution is 7.89. The number of benzene rings is 2. The molecule has 1 aliphatic heterocycles. The van der Waals surface area contributed by atoms with Crippen molar-refractivity contribution in [1.29, 1.82) is 0 Å². The predicted molar refractivity (Wildman–Crippen MR) is 82.2 cm³/mol. The Morgan fingerprint density at radius 3 is 2.67 bits per heavy atom. The molecule has 1 heterocycles. The highest BCUT2D eigenvalue weighted by Gasteiger charge is 2.18. The molecule has 3 rings (SSSR count). The van der Waals surface area contributed by atoms with E-state index in [4.69, 9.17) is 0 Å². The number of nitrogens with one attached hydrogen (secondary N) is 2. The molecular formula is C16H18N2O2S. The van der Waals surface area contributed by atoms with E-state index >= 15 is 0 Å². The Morgan fingerprint density at radius 1 is 1.10 bits per heavy atom. The quantitative estimate of drug-likeness (QED) is 0.909. The second kappa shape index (κ2) is 5.60. The zero-order valence-corrected chi connectivity index (χ0v) is 12.7. The van der Waals surface area contributed by atoms with Gasteiger partial charge in [-0.2, -0.15) is 0 Å². The van der Waals surface area contributed by atoms with Gasteiger partial charge in [-0.1, -0.05) is 30.3 Å². The minimum absolute atomic E-state index is 0.310. The smallest absolute Gasteiger partial charge is 0.240 e. The Labute approximate surface area is 125 Å². The van der Waals surface area contributed by atoms with Crippen LogP contribution in [-0.4, -0.2) is 8.42 Å².